The van der Waals surface area contributed by atoms with E-state index in [-0.39, 0.29) is 5.41 Å². The lowest BCUT2D eigenvalue weighted by molar-refractivity contribution is 0.414. The van der Waals surface area contributed by atoms with Gasteiger partial charge < -0.3 is 9.47 Å². The summed E-state index contributed by atoms with van der Waals surface area (Å²) in [6.45, 7) is 8.38. The first-order chi connectivity index (χ1) is 13.1. The van der Waals surface area contributed by atoms with Crippen LogP contribution in [0, 0.1) is 6.92 Å². The largest absolute Gasteiger partial charge is 0.497 e. The predicted octanol–water partition coefficient (Wildman–Crippen LogP) is 6.39. The SMILES string of the molecule is CC.COc1ccc(C(C)(c2ccc(C)cc2)c2ccc(OC)cc2)cc1. The molecule has 0 saturated carbocycles. The Morgan fingerprint density at radius 2 is 0.852 bits per heavy atom. The van der Waals surface area contributed by atoms with Crippen LogP contribution in [0.3, 0.4) is 0 Å². The van der Waals surface area contributed by atoms with E-state index in [1.807, 2.05) is 38.1 Å². The van der Waals surface area contributed by atoms with Crippen LogP contribution in [0.1, 0.15) is 43.0 Å². The van der Waals surface area contributed by atoms with Gasteiger partial charge in [-0.3, -0.25) is 0 Å². The molecule has 2 heteroatoms. The molecule has 0 saturated heterocycles. The van der Waals surface area contributed by atoms with Gasteiger partial charge in [-0.05, 0) is 54.8 Å². The number of ether oxygens (including phenoxy) is 2. The average molecular weight is 363 g/mol. The van der Waals surface area contributed by atoms with Gasteiger partial charge in [0.25, 0.3) is 0 Å². The van der Waals surface area contributed by atoms with Crippen LogP contribution >= 0.6 is 0 Å². The first-order valence-corrected chi connectivity index (χ1v) is 9.44. The van der Waals surface area contributed by atoms with Gasteiger partial charge in [0.1, 0.15) is 11.5 Å². The van der Waals surface area contributed by atoms with Crippen molar-refractivity contribution >= 4 is 0 Å². The molecule has 0 aliphatic heterocycles. The fourth-order valence-corrected chi connectivity index (χ4v) is 3.24. The zero-order valence-electron chi connectivity index (χ0n) is 17.2. The maximum atomic E-state index is 5.32. The van der Waals surface area contributed by atoms with Gasteiger partial charge in [0, 0.05) is 5.41 Å². The summed E-state index contributed by atoms with van der Waals surface area (Å²) in [7, 11) is 3.38. The highest BCUT2D eigenvalue weighted by Crippen LogP contribution is 2.40. The van der Waals surface area contributed by atoms with Crippen LogP contribution < -0.4 is 9.47 Å². The van der Waals surface area contributed by atoms with Crippen molar-refractivity contribution in [2.75, 3.05) is 14.2 Å². The van der Waals surface area contributed by atoms with E-state index in [9.17, 15) is 0 Å². The van der Waals surface area contributed by atoms with Gasteiger partial charge in [-0.1, -0.05) is 67.9 Å². The Bertz CT molecular complexity index is 768. The quantitative estimate of drug-likeness (QED) is 0.489. The van der Waals surface area contributed by atoms with E-state index in [1.54, 1.807) is 14.2 Å². The van der Waals surface area contributed by atoms with Crippen molar-refractivity contribution in [2.24, 2.45) is 0 Å². The third-order valence-electron chi connectivity index (χ3n) is 4.96. The maximum Gasteiger partial charge on any atom is 0.118 e. The van der Waals surface area contributed by atoms with Crippen LogP contribution in [0.5, 0.6) is 11.5 Å². The maximum absolute atomic E-state index is 5.32. The molecule has 0 bridgehead atoms. The third kappa shape index (κ3) is 4.33. The van der Waals surface area contributed by atoms with Gasteiger partial charge in [-0.15, -0.1) is 0 Å². The lowest BCUT2D eigenvalue weighted by Crippen LogP contribution is -2.25. The summed E-state index contributed by atoms with van der Waals surface area (Å²) < 4.78 is 10.6. The Hall–Kier alpha value is -2.74. The molecule has 0 aromatic heterocycles. The third-order valence-corrected chi connectivity index (χ3v) is 4.96. The van der Waals surface area contributed by atoms with Gasteiger partial charge in [0.2, 0.25) is 0 Å². The number of benzene rings is 3. The van der Waals surface area contributed by atoms with Crippen LogP contribution in [-0.2, 0) is 5.41 Å². The zero-order chi connectivity index (χ0) is 19.9. The van der Waals surface area contributed by atoms with Crippen molar-refractivity contribution in [3.05, 3.63) is 95.1 Å². The Morgan fingerprint density at radius 3 is 1.15 bits per heavy atom. The van der Waals surface area contributed by atoms with E-state index in [1.165, 1.54) is 22.3 Å². The molecule has 3 rings (SSSR count). The number of methoxy groups -OCH3 is 2. The molecule has 3 aromatic rings. The highest BCUT2D eigenvalue weighted by Gasteiger charge is 2.31. The second kappa shape index (κ2) is 9.27. The minimum atomic E-state index is -0.258. The Balaban J connectivity index is 0.00000126. The molecule has 0 N–H and O–H groups in total. The highest BCUT2D eigenvalue weighted by atomic mass is 16.5. The molecule has 0 spiro atoms. The van der Waals surface area contributed by atoms with Gasteiger partial charge in [-0.25, -0.2) is 0 Å². The number of hydrogen-bond donors (Lipinski definition) is 0. The van der Waals surface area contributed by atoms with Gasteiger partial charge in [0.15, 0.2) is 0 Å². The molecule has 27 heavy (non-hydrogen) atoms. The average Bonchev–Trinajstić information content (AvgIpc) is 2.75. The Morgan fingerprint density at radius 1 is 0.556 bits per heavy atom. The smallest absolute Gasteiger partial charge is 0.118 e. The van der Waals surface area contributed by atoms with Gasteiger partial charge in [0.05, 0.1) is 14.2 Å². The first kappa shape index (κ1) is 20.6. The lowest BCUT2D eigenvalue weighted by atomic mass is 9.71. The van der Waals surface area contributed by atoms with E-state index in [2.05, 4.69) is 62.4 Å². The molecule has 0 fully saturated rings. The Kier molecular flexibility index (Phi) is 7.06. The topological polar surface area (TPSA) is 18.5 Å². The second-order valence-electron chi connectivity index (χ2n) is 6.45. The summed E-state index contributed by atoms with van der Waals surface area (Å²) in [6.07, 6.45) is 0. The van der Waals surface area contributed by atoms with Crippen LogP contribution in [-0.4, -0.2) is 14.2 Å². The highest BCUT2D eigenvalue weighted by molar-refractivity contribution is 5.51. The minimum absolute atomic E-state index is 0.258. The molecular formula is C25H30O2. The van der Waals surface area contributed by atoms with Crippen LogP contribution in [0.25, 0.3) is 0 Å². The number of hydrogen-bond acceptors (Lipinski definition) is 2. The summed E-state index contributed by atoms with van der Waals surface area (Å²) in [4.78, 5) is 0. The fraction of sp³-hybridized carbons (Fsp3) is 0.280. The standard InChI is InChI=1S/C23H24O2.C2H6/c1-17-5-7-18(8-6-17)23(2,19-9-13-21(24-3)14-10-19)20-11-15-22(25-4)16-12-20;1-2/h5-16H,1-4H3;1-2H3. The monoisotopic (exact) mass is 362 g/mol. The molecule has 0 unspecified atom stereocenters. The summed E-state index contributed by atoms with van der Waals surface area (Å²) >= 11 is 0. The summed E-state index contributed by atoms with van der Waals surface area (Å²) in [6, 6.07) is 25.4. The molecule has 0 amide bonds. The van der Waals surface area contributed by atoms with Crippen molar-refractivity contribution in [3.63, 3.8) is 0 Å². The van der Waals surface area contributed by atoms with Crippen LogP contribution in [0.4, 0.5) is 0 Å². The second-order valence-corrected chi connectivity index (χ2v) is 6.45. The van der Waals surface area contributed by atoms with Crippen molar-refractivity contribution in [2.45, 2.75) is 33.1 Å². The molecule has 0 heterocycles. The molecular weight excluding hydrogens is 332 g/mol. The molecule has 3 aromatic carbocycles. The van der Waals surface area contributed by atoms with E-state index in [0.29, 0.717) is 0 Å². The van der Waals surface area contributed by atoms with Crippen molar-refractivity contribution < 1.29 is 9.47 Å². The lowest BCUT2D eigenvalue weighted by Gasteiger charge is -2.32. The Labute approximate surface area is 163 Å². The van der Waals surface area contributed by atoms with Crippen LogP contribution in [0.15, 0.2) is 72.8 Å². The summed E-state index contributed by atoms with van der Waals surface area (Å²) in [5.41, 5.74) is 4.71. The minimum Gasteiger partial charge on any atom is -0.497 e. The van der Waals surface area contributed by atoms with Gasteiger partial charge in [-0.2, -0.15) is 0 Å². The van der Waals surface area contributed by atoms with E-state index >= 15 is 0 Å². The van der Waals surface area contributed by atoms with Gasteiger partial charge >= 0.3 is 0 Å². The number of rotatable bonds is 5. The normalized spacial score (nSPS) is 10.6. The molecule has 142 valence electrons. The molecule has 0 aliphatic rings. The van der Waals surface area contributed by atoms with Crippen molar-refractivity contribution in [1.82, 2.24) is 0 Å². The van der Waals surface area contributed by atoms with E-state index in [4.69, 9.17) is 9.47 Å². The molecule has 2 nitrogen and oxygen atoms in total. The predicted molar refractivity (Wildman–Crippen MR) is 114 cm³/mol. The van der Waals surface area contributed by atoms with Crippen LogP contribution in [0.2, 0.25) is 0 Å². The molecule has 0 aliphatic carbocycles. The first-order valence-electron chi connectivity index (χ1n) is 9.44. The molecule has 0 radical (unpaired) electrons. The summed E-state index contributed by atoms with van der Waals surface area (Å²) in [5, 5.41) is 0. The van der Waals surface area contributed by atoms with E-state index in [0.717, 1.165) is 11.5 Å². The van der Waals surface area contributed by atoms with E-state index < -0.39 is 0 Å². The number of aryl methyl sites for hydroxylation is 1. The summed E-state index contributed by atoms with van der Waals surface area (Å²) in [5.74, 6) is 1.73. The zero-order valence-corrected chi connectivity index (χ0v) is 17.2. The van der Waals surface area contributed by atoms with Crippen molar-refractivity contribution in [1.29, 1.82) is 0 Å². The fourth-order valence-electron chi connectivity index (χ4n) is 3.24. The van der Waals surface area contributed by atoms with Crippen molar-refractivity contribution in [3.8, 4) is 11.5 Å². The molecule has 0 atom stereocenters.